The van der Waals surface area contributed by atoms with E-state index in [0.717, 1.165) is 29.5 Å². The summed E-state index contributed by atoms with van der Waals surface area (Å²) in [6, 6.07) is 11.5. The minimum atomic E-state index is -1.17. The Hall–Kier alpha value is -4.05. The Morgan fingerprint density at radius 1 is 1.11 bits per heavy atom. The van der Waals surface area contributed by atoms with Crippen molar-refractivity contribution < 1.29 is 19.6 Å². The van der Waals surface area contributed by atoms with Gasteiger partial charge in [-0.05, 0) is 48.2 Å². The molecule has 0 spiro atoms. The zero-order valence-corrected chi connectivity index (χ0v) is 21.7. The maximum atomic E-state index is 13.2. The molecular weight excluding hydrogens is 486 g/mol. The average molecular weight is 520 g/mol. The second-order valence-corrected chi connectivity index (χ2v) is 9.72. The van der Waals surface area contributed by atoms with E-state index in [1.807, 2.05) is 29.2 Å². The third-order valence-corrected chi connectivity index (χ3v) is 6.83. The first-order chi connectivity index (χ1) is 18.2. The molecule has 0 saturated carbocycles. The molecule has 200 valence electrons. The van der Waals surface area contributed by atoms with Gasteiger partial charge < -0.3 is 20.6 Å². The SMILES string of the molecule is CCCN(CCC)C(=O)C1=Cc2ccc(-c3ccc(C(=O)N4CC(O)C([N+](=O)[O-])C4)cc3)cc2N=C(N)C1. The largest absolute Gasteiger partial charge is 0.387 e. The molecular formula is C28H33N5O5. The number of hydrogen-bond acceptors (Lipinski definition) is 7. The molecule has 2 unspecified atom stereocenters. The van der Waals surface area contributed by atoms with Crippen LogP contribution in [0.3, 0.4) is 0 Å². The van der Waals surface area contributed by atoms with E-state index in [1.54, 1.807) is 24.3 Å². The molecule has 1 saturated heterocycles. The highest BCUT2D eigenvalue weighted by Crippen LogP contribution is 2.32. The van der Waals surface area contributed by atoms with E-state index in [1.165, 1.54) is 4.90 Å². The number of aliphatic hydroxyl groups excluding tert-OH is 1. The zero-order chi connectivity index (χ0) is 27.4. The Morgan fingerprint density at radius 3 is 2.37 bits per heavy atom. The van der Waals surface area contributed by atoms with Crippen molar-refractivity contribution in [2.75, 3.05) is 26.2 Å². The van der Waals surface area contributed by atoms with Gasteiger partial charge in [0, 0.05) is 41.1 Å². The van der Waals surface area contributed by atoms with Crippen LogP contribution in [0.25, 0.3) is 17.2 Å². The zero-order valence-electron chi connectivity index (χ0n) is 21.7. The number of nitrogens with zero attached hydrogens (tertiary/aromatic N) is 4. The van der Waals surface area contributed by atoms with Gasteiger partial charge in [0.2, 0.25) is 5.91 Å². The van der Waals surface area contributed by atoms with Crippen molar-refractivity contribution in [1.82, 2.24) is 9.80 Å². The number of nitro groups is 1. The highest BCUT2D eigenvalue weighted by atomic mass is 16.6. The third kappa shape index (κ3) is 5.75. The van der Waals surface area contributed by atoms with Crippen molar-refractivity contribution in [3.63, 3.8) is 0 Å². The number of likely N-dealkylation sites (tertiary alicyclic amines) is 1. The van der Waals surface area contributed by atoms with E-state index in [-0.39, 0.29) is 31.3 Å². The third-order valence-electron chi connectivity index (χ3n) is 6.83. The van der Waals surface area contributed by atoms with Gasteiger partial charge in [-0.15, -0.1) is 0 Å². The second-order valence-electron chi connectivity index (χ2n) is 9.72. The molecule has 0 bridgehead atoms. The number of carbonyl (C=O) groups is 2. The molecule has 3 N–H and O–H groups in total. The summed E-state index contributed by atoms with van der Waals surface area (Å²) >= 11 is 0. The molecule has 0 radical (unpaired) electrons. The van der Waals surface area contributed by atoms with Crippen LogP contribution in [0.15, 0.2) is 53.0 Å². The maximum Gasteiger partial charge on any atom is 0.257 e. The van der Waals surface area contributed by atoms with Gasteiger partial charge in [0.1, 0.15) is 11.9 Å². The Kier molecular flexibility index (Phi) is 8.21. The number of carbonyl (C=O) groups excluding carboxylic acids is 2. The molecule has 2 amide bonds. The van der Waals surface area contributed by atoms with Crippen molar-refractivity contribution in [2.24, 2.45) is 10.7 Å². The Labute approximate surface area is 221 Å². The van der Waals surface area contributed by atoms with Gasteiger partial charge in [0.25, 0.3) is 11.9 Å². The number of hydrogen-bond donors (Lipinski definition) is 2. The molecule has 10 heteroatoms. The van der Waals surface area contributed by atoms with E-state index in [2.05, 4.69) is 18.8 Å². The number of β-amino-alcohol motifs (C(OH)–C–C–N with tert-alkyl or cyclic N) is 1. The minimum absolute atomic E-state index is 0.0147. The van der Waals surface area contributed by atoms with Crippen molar-refractivity contribution in [3.05, 3.63) is 69.3 Å². The van der Waals surface area contributed by atoms with E-state index < -0.39 is 17.1 Å². The molecule has 2 aliphatic rings. The molecule has 2 atom stereocenters. The maximum absolute atomic E-state index is 13.2. The summed E-state index contributed by atoms with van der Waals surface area (Å²) in [5.41, 5.74) is 10.4. The summed E-state index contributed by atoms with van der Waals surface area (Å²) in [5.74, 6) is -0.00363. The highest BCUT2D eigenvalue weighted by molar-refractivity contribution is 6.05. The second kappa shape index (κ2) is 11.6. The number of benzene rings is 2. The molecule has 2 aromatic carbocycles. The van der Waals surface area contributed by atoms with Crippen molar-refractivity contribution in [1.29, 1.82) is 0 Å². The van der Waals surface area contributed by atoms with Gasteiger partial charge in [0.05, 0.1) is 18.8 Å². The van der Waals surface area contributed by atoms with Crippen molar-refractivity contribution in [2.45, 2.75) is 45.3 Å². The lowest BCUT2D eigenvalue weighted by atomic mass is 9.99. The fourth-order valence-electron chi connectivity index (χ4n) is 4.90. The minimum Gasteiger partial charge on any atom is -0.387 e. The Bertz CT molecular complexity index is 1280. The van der Waals surface area contributed by atoms with E-state index in [0.29, 0.717) is 35.7 Å². The number of nitrogens with two attached hydrogens (primary N) is 1. The summed E-state index contributed by atoms with van der Waals surface area (Å²) in [4.78, 5) is 44.3. The molecule has 2 heterocycles. The van der Waals surface area contributed by atoms with Gasteiger partial charge in [-0.1, -0.05) is 38.1 Å². The lowest BCUT2D eigenvalue weighted by molar-refractivity contribution is -0.527. The molecule has 0 aromatic heterocycles. The molecule has 10 nitrogen and oxygen atoms in total. The fourth-order valence-corrected chi connectivity index (χ4v) is 4.90. The number of aliphatic imine (C=N–C) groups is 1. The van der Waals surface area contributed by atoms with Crippen LogP contribution in [-0.2, 0) is 4.79 Å². The van der Waals surface area contributed by atoms with Crippen LogP contribution in [0, 0.1) is 10.1 Å². The van der Waals surface area contributed by atoms with E-state index in [4.69, 9.17) is 5.73 Å². The first kappa shape index (κ1) is 27.0. The molecule has 1 fully saturated rings. The summed E-state index contributed by atoms with van der Waals surface area (Å²) in [7, 11) is 0. The van der Waals surface area contributed by atoms with Gasteiger partial charge in [-0.2, -0.15) is 0 Å². The standard InChI is InChI=1S/C28H33N5O5/c1-3-11-31(12-4-2)28(36)22-13-21-10-9-20(14-23(21)30-26(29)15-22)18-5-7-19(8-6-18)27(35)32-16-24(33(37)38)25(34)17-32/h5-10,13-14,24-25,34H,3-4,11-12,15-17H2,1-2H3,(H2,29,30). The summed E-state index contributed by atoms with van der Waals surface area (Å²) in [6.07, 6.45) is 2.74. The van der Waals surface area contributed by atoms with Crippen LogP contribution in [0.2, 0.25) is 0 Å². The van der Waals surface area contributed by atoms with E-state index >= 15 is 0 Å². The monoisotopic (exact) mass is 519 g/mol. The van der Waals surface area contributed by atoms with Crippen LogP contribution in [0.4, 0.5) is 5.69 Å². The molecule has 4 rings (SSSR count). The highest BCUT2D eigenvalue weighted by Gasteiger charge is 2.42. The van der Waals surface area contributed by atoms with Crippen molar-refractivity contribution >= 4 is 29.4 Å². The Morgan fingerprint density at radius 2 is 1.76 bits per heavy atom. The lowest BCUT2D eigenvalue weighted by Crippen LogP contribution is -2.34. The number of rotatable bonds is 8. The average Bonchev–Trinajstić information content (AvgIpc) is 3.21. The topological polar surface area (TPSA) is 142 Å². The van der Waals surface area contributed by atoms with Gasteiger partial charge in [-0.3, -0.25) is 19.7 Å². The first-order valence-electron chi connectivity index (χ1n) is 12.9. The quantitative estimate of drug-likeness (QED) is 0.405. The number of fused-ring (bicyclic) bond motifs is 1. The van der Waals surface area contributed by atoms with Crippen LogP contribution < -0.4 is 5.73 Å². The van der Waals surface area contributed by atoms with Gasteiger partial charge >= 0.3 is 0 Å². The molecule has 2 aromatic rings. The normalized spacial score (nSPS) is 18.8. The number of amidine groups is 1. The van der Waals surface area contributed by atoms with Crippen LogP contribution >= 0.6 is 0 Å². The lowest BCUT2D eigenvalue weighted by Gasteiger charge is -2.22. The summed E-state index contributed by atoms with van der Waals surface area (Å²) in [5, 5.41) is 21.0. The van der Waals surface area contributed by atoms with Crippen LogP contribution in [0.1, 0.15) is 49.0 Å². The summed E-state index contributed by atoms with van der Waals surface area (Å²) in [6.45, 7) is 5.30. The van der Waals surface area contributed by atoms with Crippen molar-refractivity contribution in [3.8, 4) is 11.1 Å². The first-order valence-corrected chi connectivity index (χ1v) is 12.9. The van der Waals surface area contributed by atoms with Crippen LogP contribution in [0.5, 0.6) is 0 Å². The van der Waals surface area contributed by atoms with E-state index in [9.17, 15) is 24.8 Å². The molecule has 0 aliphatic carbocycles. The molecule has 2 aliphatic heterocycles. The predicted molar refractivity (Wildman–Crippen MR) is 146 cm³/mol. The number of aliphatic hydroxyl groups is 1. The molecule has 38 heavy (non-hydrogen) atoms. The van der Waals surface area contributed by atoms with Gasteiger partial charge in [0.15, 0.2) is 0 Å². The summed E-state index contributed by atoms with van der Waals surface area (Å²) < 4.78 is 0. The smallest absolute Gasteiger partial charge is 0.257 e. The number of amides is 2. The fraction of sp³-hybridized carbons (Fsp3) is 0.393. The van der Waals surface area contributed by atoms with Gasteiger partial charge in [-0.25, -0.2) is 4.99 Å². The Balaban J connectivity index is 1.55. The predicted octanol–water partition coefficient (Wildman–Crippen LogP) is 3.24. The van der Waals surface area contributed by atoms with Crippen LogP contribution in [-0.4, -0.2) is 75.8 Å².